The first kappa shape index (κ1) is 14.1. The summed E-state index contributed by atoms with van der Waals surface area (Å²) in [6, 6.07) is 11.9. The van der Waals surface area contributed by atoms with Crippen molar-refractivity contribution in [3.8, 4) is 0 Å². The highest BCUT2D eigenvalue weighted by Gasteiger charge is 2.10. The molecular weight excluding hydrogens is 255 g/mol. The van der Waals surface area contributed by atoms with E-state index in [1.807, 2.05) is 13.0 Å². The van der Waals surface area contributed by atoms with Gasteiger partial charge in [-0.3, -0.25) is 4.79 Å². The van der Waals surface area contributed by atoms with Crippen molar-refractivity contribution in [1.82, 2.24) is 5.32 Å². The molecule has 4 heteroatoms. The van der Waals surface area contributed by atoms with Crippen molar-refractivity contribution in [2.24, 2.45) is 0 Å². The van der Waals surface area contributed by atoms with Crippen LogP contribution in [0.15, 0.2) is 42.5 Å². The van der Waals surface area contributed by atoms with Crippen LogP contribution in [0.5, 0.6) is 0 Å². The fourth-order valence-electron chi connectivity index (χ4n) is 1.99. The lowest BCUT2D eigenvalue weighted by atomic mass is 10.1. The maximum atomic E-state index is 13.4. The molecule has 2 aromatic rings. The lowest BCUT2D eigenvalue weighted by Gasteiger charge is -2.09. The normalized spacial score (nSPS) is 10.3. The van der Waals surface area contributed by atoms with Gasteiger partial charge in [-0.2, -0.15) is 0 Å². The number of para-hydroxylation sites is 1. The lowest BCUT2D eigenvalue weighted by molar-refractivity contribution is 0.0955. The smallest absolute Gasteiger partial charge is 0.253 e. The summed E-state index contributed by atoms with van der Waals surface area (Å²) in [5, 5.41) is 2.76. The lowest BCUT2D eigenvalue weighted by Crippen LogP contribution is -2.26. The number of anilines is 1. The summed E-state index contributed by atoms with van der Waals surface area (Å²) in [7, 11) is 0. The molecule has 0 spiro atoms. The van der Waals surface area contributed by atoms with Gasteiger partial charge in [0.2, 0.25) is 0 Å². The van der Waals surface area contributed by atoms with Crippen LogP contribution in [0.3, 0.4) is 0 Å². The Morgan fingerprint density at radius 1 is 1.20 bits per heavy atom. The molecule has 0 heterocycles. The van der Waals surface area contributed by atoms with Crippen LogP contribution in [0.4, 0.5) is 10.1 Å². The zero-order valence-corrected chi connectivity index (χ0v) is 11.3. The minimum atomic E-state index is -0.253. The van der Waals surface area contributed by atoms with Gasteiger partial charge in [-0.1, -0.05) is 30.3 Å². The summed E-state index contributed by atoms with van der Waals surface area (Å²) in [5.74, 6) is -0.487. The minimum absolute atomic E-state index is 0.234. The van der Waals surface area contributed by atoms with Gasteiger partial charge in [0.05, 0.1) is 5.56 Å². The van der Waals surface area contributed by atoms with Gasteiger partial charge in [-0.05, 0) is 36.6 Å². The van der Waals surface area contributed by atoms with Crippen molar-refractivity contribution in [1.29, 1.82) is 0 Å². The van der Waals surface area contributed by atoms with Crippen molar-refractivity contribution in [2.75, 3.05) is 12.3 Å². The van der Waals surface area contributed by atoms with Gasteiger partial charge in [0, 0.05) is 12.2 Å². The van der Waals surface area contributed by atoms with E-state index in [4.69, 9.17) is 5.73 Å². The molecule has 1 amide bonds. The fourth-order valence-corrected chi connectivity index (χ4v) is 1.99. The van der Waals surface area contributed by atoms with E-state index >= 15 is 0 Å². The molecule has 0 fully saturated rings. The molecule has 0 radical (unpaired) electrons. The molecule has 104 valence electrons. The number of halogens is 1. The number of rotatable bonds is 4. The Balaban J connectivity index is 1.96. The number of nitrogen functional groups attached to an aromatic ring is 1. The first-order valence-corrected chi connectivity index (χ1v) is 6.46. The number of carbonyl (C=O) groups is 1. The number of aryl methyl sites for hydroxylation is 1. The molecule has 0 saturated heterocycles. The summed E-state index contributed by atoms with van der Waals surface area (Å²) >= 11 is 0. The maximum absolute atomic E-state index is 13.4. The highest BCUT2D eigenvalue weighted by atomic mass is 19.1. The molecule has 20 heavy (non-hydrogen) atoms. The number of benzene rings is 2. The Bertz CT molecular complexity index is 626. The van der Waals surface area contributed by atoms with Crippen molar-refractivity contribution in [3.63, 3.8) is 0 Å². The van der Waals surface area contributed by atoms with E-state index in [0.717, 1.165) is 5.56 Å². The van der Waals surface area contributed by atoms with Gasteiger partial charge in [0.25, 0.3) is 5.91 Å². The van der Waals surface area contributed by atoms with Crippen LogP contribution in [0.1, 0.15) is 21.5 Å². The van der Waals surface area contributed by atoms with Gasteiger partial charge in [-0.25, -0.2) is 4.39 Å². The predicted molar refractivity (Wildman–Crippen MR) is 78.0 cm³/mol. The average Bonchev–Trinajstić information content (AvgIpc) is 2.44. The van der Waals surface area contributed by atoms with Crippen LogP contribution in [0, 0.1) is 12.7 Å². The highest BCUT2D eigenvalue weighted by Crippen LogP contribution is 2.16. The monoisotopic (exact) mass is 272 g/mol. The van der Waals surface area contributed by atoms with Gasteiger partial charge < -0.3 is 11.1 Å². The Labute approximate surface area is 117 Å². The van der Waals surface area contributed by atoms with Crippen molar-refractivity contribution < 1.29 is 9.18 Å². The zero-order chi connectivity index (χ0) is 14.5. The third-order valence-corrected chi connectivity index (χ3v) is 3.21. The third kappa shape index (κ3) is 3.15. The Morgan fingerprint density at radius 2 is 1.95 bits per heavy atom. The topological polar surface area (TPSA) is 55.1 Å². The molecule has 3 nitrogen and oxygen atoms in total. The second-order valence-corrected chi connectivity index (χ2v) is 4.63. The van der Waals surface area contributed by atoms with E-state index in [9.17, 15) is 9.18 Å². The average molecular weight is 272 g/mol. The standard InChI is InChI=1S/C16H17FN2O/c1-11-5-4-7-13(15(11)18)16(20)19-10-9-12-6-2-3-8-14(12)17/h2-8H,9-10,18H2,1H3,(H,19,20). The molecule has 2 rings (SSSR count). The molecule has 0 bridgehead atoms. The van der Waals surface area contributed by atoms with Crippen LogP contribution in [0.2, 0.25) is 0 Å². The Kier molecular flexibility index (Phi) is 4.35. The Morgan fingerprint density at radius 3 is 2.70 bits per heavy atom. The minimum Gasteiger partial charge on any atom is -0.398 e. The number of nitrogens with one attached hydrogen (secondary N) is 1. The third-order valence-electron chi connectivity index (χ3n) is 3.21. The van der Waals surface area contributed by atoms with Crippen LogP contribution >= 0.6 is 0 Å². The van der Waals surface area contributed by atoms with Crippen molar-refractivity contribution in [2.45, 2.75) is 13.3 Å². The summed E-state index contributed by atoms with van der Waals surface area (Å²) in [6.45, 7) is 2.22. The highest BCUT2D eigenvalue weighted by molar-refractivity contribution is 5.99. The zero-order valence-electron chi connectivity index (χ0n) is 11.3. The van der Waals surface area contributed by atoms with E-state index in [0.29, 0.717) is 29.8 Å². The molecule has 0 aliphatic carbocycles. The summed E-state index contributed by atoms with van der Waals surface area (Å²) in [5.41, 5.74) is 8.26. The number of hydrogen-bond donors (Lipinski definition) is 2. The Hall–Kier alpha value is -2.36. The first-order chi connectivity index (χ1) is 9.59. The van der Waals surface area contributed by atoms with Gasteiger partial charge in [0.1, 0.15) is 5.82 Å². The number of carbonyl (C=O) groups excluding carboxylic acids is 1. The number of hydrogen-bond acceptors (Lipinski definition) is 2. The quantitative estimate of drug-likeness (QED) is 0.841. The van der Waals surface area contributed by atoms with E-state index in [1.54, 1.807) is 30.3 Å². The molecule has 0 aliphatic rings. The molecule has 2 aromatic carbocycles. The largest absolute Gasteiger partial charge is 0.398 e. The second kappa shape index (κ2) is 6.19. The van der Waals surface area contributed by atoms with Gasteiger partial charge >= 0.3 is 0 Å². The van der Waals surface area contributed by atoms with Crippen LogP contribution in [-0.2, 0) is 6.42 Å². The molecular formula is C16H17FN2O. The summed E-state index contributed by atoms with van der Waals surface area (Å²) < 4.78 is 13.4. The van der Waals surface area contributed by atoms with Crippen molar-refractivity contribution in [3.05, 3.63) is 65.0 Å². The SMILES string of the molecule is Cc1cccc(C(=O)NCCc2ccccc2F)c1N. The van der Waals surface area contributed by atoms with Gasteiger partial charge in [0.15, 0.2) is 0 Å². The molecule has 0 unspecified atom stereocenters. The molecule has 0 aliphatic heterocycles. The molecule has 0 aromatic heterocycles. The molecule has 3 N–H and O–H groups in total. The van der Waals surface area contributed by atoms with Gasteiger partial charge in [-0.15, -0.1) is 0 Å². The van der Waals surface area contributed by atoms with E-state index in [-0.39, 0.29) is 11.7 Å². The van der Waals surface area contributed by atoms with Crippen LogP contribution < -0.4 is 11.1 Å². The van der Waals surface area contributed by atoms with Crippen LogP contribution in [-0.4, -0.2) is 12.5 Å². The van der Waals surface area contributed by atoms with E-state index < -0.39 is 0 Å². The maximum Gasteiger partial charge on any atom is 0.253 e. The molecule has 0 saturated carbocycles. The van der Waals surface area contributed by atoms with E-state index in [1.165, 1.54) is 6.07 Å². The van der Waals surface area contributed by atoms with Crippen molar-refractivity contribution >= 4 is 11.6 Å². The second-order valence-electron chi connectivity index (χ2n) is 4.63. The van der Waals surface area contributed by atoms with Crippen LogP contribution in [0.25, 0.3) is 0 Å². The summed E-state index contributed by atoms with van der Waals surface area (Å²) in [4.78, 5) is 12.0. The first-order valence-electron chi connectivity index (χ1n) is 6.46. The number of amides is 1. The molecule has 0 atom stereocenters. The summed E-state index contributed by atoms with van der Waals surface area (Å²) in [6.07, 6.45) is 0.449. The number of nitrogens with two attached hydrogens (primary N) is 1. The fraction of sp³-hybridized carbons (Fsp3) is 0.188. The predicted octanol–water partition coefficient (Wildman–Crippen LogP) is 2.69. The van der Waals surface area contributed by atoms with E-state index in [2.05, 4.69) is 5.32 Å².